The molecule has 2 fully saturated rings. The van der Waals surface area contributed by atoms with Crippen molar-refractivity contribution in [2.45, 2.75) is 12.2 Å². The van der Waals surface area contributed by atoms with Crippen molar-refractivity contribution in [1.29, 1.82) is 0 Å². The van der Waals surface area contributed by atoms with Crippen LogP contribution in [0.3, 0.4) is 0 Å². The Hall–Kier alpha value is -2.64. The lowest BCUT2D eigenvalue weighted by atomic mass is 9.97. The van der Waals surface area contributed by atoms with Crippen LogP contribution in [0.2, 0.25) is 0 Å². The number of hydrogen-bond acceptors (Lipinski definition) is 6. The van der Waals surface area contributed by atoms with E-state index >= 15 is 0 Å². The lowest BCUT2D eigenvalue weighted by molar-refractivity contribution is -0.186. The van der Waals surface area contributed by atoms with E-state index in [-0.39, 0.29) is 13.2 Å². The van der Waals surface area contributed by atoms with Gasteiger partial charge in [0, 0.05) is 12.1 Å². The van der Waals surface area contributed by atoms with E-state index in [1.54, 1.807) is 12.1 Å². The molecule has 7 nitrogen and oxygen atoms in total. The van der Waals surface area contributed by atoms with Crippen molar-refractivity contribution in [3.05, 3.63) is 53.7 Å². The van der Waals surface area contributed by atoms with E-state index in [2.05, 4.69) is 4.98 Å². The van der Waals surface area contributed by atoms with Gasteiger partial charge < -0.3 is 19.3 Å². The van der Waals surface area contributed by atoms with Crippen LogP contribution in [0.5, 0.6) is 5.75 Å². The Morgan fingerprint density at radius 2 is 2.04 bits per heavy atom. The Balaban J connectivity index is 1.62. The molecule has 0 unspecified atom stereocenters. The number of nitrogens with zero attached hydrogens (tertiary/aromatic N) is 2. The monoisotopic (exact) mass is 342 g/mol. The number of hydrogen-bond donors (Lipinski definition) is 1. The molecule has 0 saturated carbocycles. The molecule has 2 aliphatic heterocycles. The highest BCUT2D eigenvalue weighted by Crippen LogP contribution is 2.33. The van der Waals surface area contributed by atoms with Crippen LogP contribution in [-0.4, -0.2) is 42.5 Å². The van der Waals surface area contributed by atoms with Crippen LogP contribution in [0.1, 0.15) is 11.3 Å². The van der Waals surface area contributed by atoms with Gasteiger partial charge >= 0.3 is 6.09 Å². The summed E-state index contributed by atoms with van der Waals surface area (Å²) in [7, 11) is 0. The Bertz CT molecular complexity index is 776. The molecule has 0 atom stereocenters. The van der Waals surface area contributed by atoms with E-state index in [0.717, 1.165) is 5.56 Å². The van der Waals surface area contributed by atoms with Gasteiger partial charge in [0.2, 0.25) is 0 Å². The molecule has 1 aromatic carbocycles. The van der Waals surface area contributed by atoms with Gasteiger partial charge in [0.25, 0.3) is 0 Å². The van der Waals surface area contributed by atoms with Crippen molar-refractivity contribution in [3.8, 4) is 5.75 Å². The van der Waals surface area contributed by atoms with Gasteiger partial charge in [0.1, 0.15) is 24.8 Å². The van der Waals surface area contributed by atoms with Crippen molar-refractivity contribution in [1.82, 2.24) is 4.98 Å². The van der Waals surface area contributed by atoms with Crippen molar-refractivity contribution < 1.29 is 24.1 Å². The lowest BCUT2D eigenvalue weighted by Crippen LogP contribution is -2.47. The van der Waals surface area contributed by atoms with Gasteiger partial charge in [-0.2, -0.15) is 0 Å². The fourth-order valence-corrected chi connectivity index (χ4v) is 2.74. The van der Waals surface area contributed by atoms with E-state index < -0.39 is 11.7 Å². The molecule has 0 aliphatic carbocycles. The van der Waals surface area contributed by atoms with Crippen LogP contribution >= 0.6 is 0 Å². The van der Waals surface area contributed by atoms with Crippen LogP contribution in [0.4, 0.5) is 10.6 Å². The number of cyclic esters (lactones) is 1. The number of benzene rings is 1. The zero-order valence-electron chi connectivity index (χ0n) is 13.6. The minimum atomic E-state index is -1.15. The molecule has 2 saturated heterocycles. The average molecular weight is 342 g/mol. The number of rotatable bonds is 5. The maximum absolute atomic E-state index is 11.8. The highest BCUT2D eigenvalue weighted by molar-refractivity contribution is 5.88. The van der Waals surface area contributed by atoms with Gasteiger partial charge in [-0.1, -0.05) is 30.3 Å². The molecule has 7 heteroatoms. The number of carbonyl (C=O) groups is 1. The van der Waals surface area contributed by atoms with E-state index in [9.17, 15) is 9.90 Å². The van der Waals surface area contributed by atoms with Crippen molar-refractivity contribution in [3.63, 3.8) is 0 Å². The number of amides is 1. The fourth-order valence-electron chi connectivity index (χ4n) is 2.74. The second-order valence-corrected chi connectivity index (χ2v) is 6.11. The molecule has 2 aromatic rings. The molecule has 0 spiro atoms. The number of carbonyl (C=O) groups excluding carboxylic acids is 1. The molecule has 1 N–H and O–H groups in total. The standard InChI is InChI=1S/C18H18N2O5/c21-17-20(6-7-24-17)16-9-14(25-10-13-4-2-1-3-5-13)8-15(19-16)18(22)11-23-12-18/h1-5,8-9,22H,6-7,10-12H2. The predicted octanol–water partition coefficient (Wildman–Crippen LogP) is 1.83. The minimum absolute atomic E-state index is 0.173. The summed E-state index contributed by atoms with van der Waals surface area (Å²) >= 11 is 0. The summed E-state index contributed by atoms with van der Waals surface area (Å²) in [6, 6.07) is 13.1. The normalized spacial score (nSPS) is 18.6. The van der Waals surface area contributed by atoms with Crippen LogP contribution in [0.15, 0.2) is 42.5 Å². The highest BCUT2D eigenvalue weighted by Gasteiger charge is 2.40. The molecule has 25 heavy (non-hydrogen) atoms. The van der Waals surface area contributed by atoms with Gasteiger partial charge in [0.05, 0.1) is 25.5 Å². The number of ether oxygens (including phenoxy) is 3. The third kappa shape index (κ3) is 3.16. The van der Waals surface area contributed by atoms with E-state index in [1.807, 2.05) is 30.3 Å². The molecule has 1 amide bonds. The molecule has 0 radical (unpaired) electrons. The molecule has 1 aromatic heterocycles. The predicted molar refractivity (Wildman–Crippen MR) is 88.4 cm³/mol. The summed E-state index contributed by atoms with van der Waals surface area (Å²) in [6.07, 6.45) is -0.449. The third-order valence-electron chi connectivity index (χ3n) is 4.23. The zero-order valence-corrected chi connectivity index (χ0v) is 13.6. The Labute approximate surface area is 144 Å². The molecule has 3 heterocycles. The number of anilines is 1. The first-order chi connectivity index (χ1) is 12.1. The first-order valence-electron chi connectivity index (χ1n) is 8.08. The topological polar surface area (TPSA) is 81.1 Å². The number of aliphatic hydroxyl groups is 1. The van der Waals surface area contributed by atoms with Crippen molar-refractivity contribution >= 4 is 11.9 Å². The van der Waals surface area contributed by atoms with Crippen LogP contribution in [0.25, 0.3) is 0 Å². The van der Waals surface area contributed by atoms with Crippen LogP contribution in [-0.2, 0) is 21.7 Å². The molecule has 0 bridgehead atoms. The quantitative estimate of drug-likeness (QED) is 0.893. The number of pyridine rings is 1. The Kier molecular flexibility index (Phi) is 4.03. The second-order valence-electron chi connectivity index (χ2n) is 6.11. The van der Waals surface area contributed by atoms with Crippen LogP contribution < -0.4 is 9.64 Å². The lowest BCUT2D eigenvalue weighted by Gasteiger charge is -2.36. The summed E-state index contributed by atoms with van der Waals surface area (Å²) in [5.74, 6) is 0.937. The van der Waals surface area contributed by atoms with Crippen molar-refractivity contribution in [2.24, 2.45) is 0 Å². The minimum Gasteiger partial charge on any atom is -0.489 e. The summed E-state index contributed by atoms with van der Waals surface area (Å²) in [5.41, 5.74) is 0.303. The summed E-state index contributed by atoms with van der Waals surface area (Å²) < 4.78 is 15.9. The Morgan fingerprint density at radius 3 is 2.68 bits per heavy atom. The fraction of sp³-hybridized carbons (Fsp3) is 0.333. The van der Waals surface area contributed by atoms with Crippen LogP contribution in [0, 0.1) is 0 Å². The van der Waals surface area contributed by atoms with Crippen molar-refractivity contribution in [2.75, 3.05) is 31.3 Å². The molecule has 2 aliphatic rings. The highest BCUT2D eigenvalue weighted by atomic mass is 16.6. The van der Waals surface area contributed by atoms with Gasteiger partial charge in [-0.05, 0) is 5.56 Å². The largest absolute Gasteiger partial charge is 0.489 e. The van der Waals surface area contributed by atoms with Gasteiger partial charge in [-0.15, -0.1) is 0 Å². The zero-order chi connectivity index (χ0) is 17.3. The number of aromatic nitrogens is 1. The molecular formula is C18H18N2O5. The molecule has 4 rings (SSSR count). The summed E-state index contributed by atoms with van der Waals surface area (Å²) in [4.78, 5) is 17.7. The van der Waals surface area contributed by atoms with E-state index in [4.69, 9.17) is 14.2 Å². The van der Waals surface area contributed by atoms with Gasteiger partial charge in [0.15, 0.2) is 5.60 Å². The van der Waals surface area contributed by atoms with Gasteiger partial charge in [-0.3, -0.25) is 4.90 Å². The molecular weight excluding hydrogens is 324 g/mol. The molecule has 130 valence electrons. The van der Waals surface area contributed by atoms with Gasteiger partial charge in [-0.25, -0.2) is 9.78 Å². The Morgan fingerprint density at radius 1 is 1.24 bits per heavy atom. The average Bonchev–Trinajstić information content (AvgIpc) is 3.04. The smallest absolute Gasteiger partial charge is 0.415 e. The second kappa shape index (κ2) is 6.34. The maximum atomic E-state index is 11.8. The first kappa shape index (κ1) is 15.9. The van der Waals surface area contributed by atoms with E-state index in [1.165, 1.54) is 4.90 Å². The summed E-state index contributed by atoms with van der Waals surface area (Å²) in [6.45, 7) is 1.46. The summed E-state index contributed by atoms with van der Waals surface area (Å²) in [5, 5.41) is 10.5. The van der Waals surface area contributed by atoms with E-state index in [0.29, 0.717) is 37.0 Å². The SMILES string of the molecule is O=C1OCCN1c1cc(OCc2ccccc2)cc(C2(O)COC2)n1. The first-order valence-corrected chi connectivity index (χ1v) is 8.08. The third-order valence-corrected chi connectivity index (χ3v) is 4.23. The maximum Gasteiger partial charge on any atom is 0.415 e.